The van der Waals surface area contributed by atoms with Crippen molar-refractivity contribution in [2.75, 3.05) is 21.1 Å². The van der Waals surface area contributed by atoms with Crippen LogP contribution in [0.2, 0.25) is 0 Å². The topological polar surface area (TPSA) is 17.1 Å². The molecule has 90 valence electrons. The molecule has 2 nitrogen and oxygen atoms in total. The molecule has 0 saturated heterocycles. The van der Waals surface area contributed by atoms with Crippen molar-refractivity contribution in [1.29, 1.82) is 0 Å². The Morgan fingerprint density at radius 1 is 0.929 bits per heavy atom. The van der Waals surface area contributed by atoms with Crippen LogP contribution in [0.4, 0.5) is 25.2 Å². The average molecular weight is 247 g/mol. The maximum atomic E-state index is 10.4. The maximum absolute atomic E-state index is 10.7. The van der Waals surface area contributed by atoms with Gasteiger partial charge in [0.25, 0.3) is 0 Å². The van der Waals surface area contributed by atoms with E-state index in [-0.39, 0.29) is 5.91 Å². The Kier molecular flexibility index (Phi) is 3.52. The second kappa shape index (κ2) is 3.06. The van der Waals surface area contributed by atoms with Gasteiger partial charge < -0.3 is 0 Å². The van der Waals surface area contributed by atoms with E-state index in [2.05, 4.69) is 0 Å². The first-order chi connectivity index (χ1) is 5.39. The molecule has 0 aliphatic carbocycles. The Bertz CT molecular complexity index is 211. The van der Waals surface area contributed by atoms with Crippen molar-refractivity contribution in [1.82, 2.24) is 0 Å². The normalized spacial score (nSPS) is 17.3. The number of quaternary nitrogens is 1. The molecule has 14 heavy (non-hydrogen) atoms. The van der Waals surface area contributed by atoms with Gasteiger partial charge in [-0.05, 0) is 0 Å². The Balaban J connectivity index is 0. The van der Waals surface area contributed by atoms with Crippen LogP contribution in [0.3, 0.4) is 0 Å². The molecule has 0 aromatic carbocycles. The molecular formula is C5H12F6NOP. The summed E-state index contributed by atoms with van der Waals surface area (Å²) in [5.74, 6) is 0.181. The fourth-order valence-electron chi connectivity index (χ4n) is 0. The van der Waals surface area contributed by atoms with Gasteiger partial charge in [0.2, 0.25) is 0 Å². The SMILES string of the molecule is CC(=O)[N+](C)(C)C.F[P-](F)(F)(F)(F)F. The fraction of sp³-hybridized carbons (Fsp3) is 0.800. The number of amides is 1. The van der Waals surface area contributed by atoms with Gasteiger partial charge in [-0.2, -0.15) is 0 Å². The third kappa shape index (κ3) is 41.4. The molecule has 0 fully saturated rings. The van der Waals surface area contributed by atoms with Gasteiger partial charge in [0.05, 0.1) is 28.1 Å². The fourth-order valence-corrected chi connectivity index (χ4v) is 0. The standard InChI is InChI=1S/C5H12NO.F6P/c1-5(7)6(2,3)4;1-7(2,3,4,5)6/h1-4H3;/q+1;-1. The number of rotatable bonds is 0. The van der Waals surface area contributed by atoms with Crippen molar-refractivity contribution >= 4 is 13.7 Å². The van der Waals surface area contributed by atoms with E-state index in [0.717, 1.165) is 0 Å². The first-order valence-corrected chi connectivity index (χ1v) is 5.31. The quantitative estimate of drug-likeness (QED) is 0.363. The van der Waals surface area contributed by atoms with Gasteiger partial charge >= 0.3 is 38.9 Å². The second-order valence-electron chi connectivity index (χ2n) is 3.49. The molecule has 0 atom stereocenters. The summed E-state index contributed by atoms with van der Waals surface area (Å²) in [4.78, 5) is 10.4. The summed E-state index contributed by atoms with van der Waals surface area (Å²) in [6.07, 6.45) is 0. The Morgan fingerprint density at radius 3 is 1.00 bits per heavy atom. The molecule has 0 aromatic rings. The van der Waals surface area contributed by atoms with E-state index in [9.17, 15) is 30.0 Å². The van der Waals surface area contributed by atoms with Gasteiger partial charge in [0.1, 0.15) is 0 Å². The molecule has 0 unspecified atom stereocenters. The van der Waals surface area contributed by atoms with Crippen molar-refractivity contribution in [2.45, 2.75) is 6.92 Å². The Morgan fingerprint density at radius 2 is 1.00 bits per heavy atom. The molecule has 0 aliphatic heterocycles. The predicted molar refractivity (Wildman–Crippen MR) is 42.3 cm³/mol. The van der Waals surface area contributed by atoms with Crippen LogP contribution in [0.5, 0.6) is 0 Å². The summed E-state index contributed by atoms with van der Waals surface area (Å²) in [5.41, 5.74) is 0. The number of hydrogen-bond donors (Lipinski definition) is 0. The van der Waals surface area contributed by atoms with E-state index >= 15 is 0 Å². The molecular weight excluding hydrogens is 235 g/mol. The van der Waals surface area contributed by atoms with Crippen LogP contribution >= 0.6 is 7.81 Å². The molecule has 0 radical (unpaired) electrons. The molecule has 9 heteroatoms. The van der Waals surface area contributed by atoms with Crippen LogP contribution in [0.25, 0.3) is 0 Å². The molecule has 0 heterocycles. The van der Waals surface area contributed by atoms with E-state index in [1.165, 1.54) is 0 Å². The zero-order chi connectivity index (χ0) is 12.5. The number of carbonyl (C=O) groups excluding carboxylic acids is 1. The first-order valence-electron chi connectivity index (χ1n) is 3.28. The van der Waals surface area contributed by atoms with E-state index in [4.69, 9.17) is 0 Å². The van der Waals surface area contributed by atoms with Crippen LogP contribution < -0.4 is 0 Å². The average Bonchev–Trinajstić information content (AvgIpc) is 1.50. The van der Waals surface area contributed by atoms with Gasteiger partial charge in [-0.25, -0.2) is 4.79 Å². The van der Waals surface area contributed by atoms with Crippen LogP contribution in [0.1, 0.15) is 6.92 Å². The van der Waals surface area contributed by atoms with Crippen molar-refractivity contribution < 1.29 is 34.5 Å². The summed E-state index contributed by atoms with van der Waals surface area (Å²) in [5, 5.41) is 0. The third-order valence-corrected chi connectivity index (χ3v) is 0.945. The Hall–Kier alpha value is -0.360. The van der Waals surface area contributed by atoms with Gasteiger partial charge in [-0.3, -0.25) is 4.48 Å². The summed E-state index contributed by atoms with van der Waals surface area (Å²) in [7, 11) is -5.11. The van der Waals surface area contributed by atoms with Crippen LogP contribution in [-0.4, -0.2) is 31.5 Å². The van der Waals surface area contributed by atoms with Crippen LogP contribution in [0.15, 0.2) is 0 Å². The first kappa shape index (κ1) is 16.1. The molecule has 0 aliphatic rings. The van der Waals surface area contributed by atoms with E-state index in [0.29, 0.717) is 4.48 Å². The van der Waals surface area contributed by atoms with Crippen molar-refractivity contribution in [3.8, 4) is 0 Å². The molecule has 0 N–H and O–H groups in total. The summed E-state index contributed by atoms with van der Waals surface area (Å²) >= 11 is 0. The van der Waals surface area contributed by atoms with E-state index in [1.54, 1.807) is 6.92 Å². The molecule has 0 aromatic heterocycles. The Labute approximate surface area is 77.3 Å². The van der Waals surface area contributed by atoms with Crippen LogP contribution in [-0.2, 0) is 4.79 Å². The number of halogens is 6. The third-order valence-electron chi connectivity index (χ3n) is 0.945. The molecule has 0 rings (SSSR count). The monoisotopic (exact) mass is 247 g/mol. The summed E-state index contributed by atoms with van der Waals surface area (Å²) < 4.78 is 59.6. The van der Waals surface area contributed by atoms with Gasteiger partial charge in [0, 0.05) is 0 Å². The number of carbonyl (C=O) groups is 1. The zero-order valence-corrected chi connectivity index (χ0v) is 8.96. The van der Waals surface area contributed by atoms with Gasteiger partial charge in [-0.1, -0.05) is 0 Å². The molecule has 0 spiro atoms. The summed E-state index contributed by atoms with van der Waals surface area (Å²) in [6, 6.07) is 0. The van der Waals surface area contributed by atoms with Crippen molar-refractivity contribution in [3.05, 3.63) is 0 Å². The zero-order valence-electron chi connectivity index (χ0n) is 8.07. The predicted octanol–water partition coefficient (Wildman–Crippen LogP) is 3.62. The number of nitrogens with zero attached hydrogens (tertiary/aromatic N) is 1. The second-order valence-corrected chi connectivity index (χ2v) is 5.41. The molecule has 1 amide bonds. The van der Waals surface area contributed by atoms with Crippen LogP contribution in [0, 0.1) is 0 Å². The van der Waals surface area contributed by atoms with Gasteiger partial charge in [0.15, 0.2) is 0 Å². The van der Waals surface area contributed by atoms with Gasteiger partial charge in [-0.15, -0.1) is 0 Å². The minimum atomic E-state index is -10.7. The van der Waals surface area contributed by atoms with E-state index < -0.39 is 7.81 Å². The van der Waals surface area contributed by atoms with Crippen molar-refractivity contribution in [2.24, 2.45) is 0 Å². The summed E-state index contributed by atoms with van der Waals surface area (Å²) in [6.45, 7) is 1.58. The van der Waals surface area contributed by atoms with E-state index in [1.807, 2.05) is 21.1 Å². The van der Waals surface area contributed by atoms with Crippen molar-refractivity contribution in [3.63, 3.8) is 0 Å². The molecule has 0 bridgehead atoms. The molecule has 0 saturated carbocycles. The minimum absolute atomic E-state index is 0.181. The number of hydrogen-bond acceptors (Lipinski definition) is 1.